The van der Waals surface area contributed by atoms with Gasteiger partial charge in [-0.1, -0.05) is 83.9 Å². The van der Waals surface area contributed by atoms with E-state index >= 15 is 0 Å². The molecule has 1 heterocycles. The first-order chi connectivity index (χ1) is 18.4. The third kappa shape index (κ3) is 5.05. The summed E-state index contributed by atoms with van der Waals surface area (Å²) in [4.78, 5) is 42.7. The number of carbonyl (C=O) groups excluding carboxylic acids is 3. The molecule has 0 unspecified atom stereocenters. The molecule has 0 saturated carbocycles. The second kappa shape index (κ2) is 10.9. The molecule has 0 aliphatic carbocycles. The maximum atomic E-state index is 13.6. The van der Waals surface area contributed by atoms with Crippen LogP contribution < -0.4 is 14.5 Å². The molecule has 1 aliphatic rings. The number of benzene rings is 4. The summed E-state index contributed by atoms with van der Waals surface area (Å²) in [5, 5.41) is 0.972. The van der Waals surface area contributed by atoms with Crippen molar-refractivity contribution in [1.29, 1.82) is 0 Å². The van der Waals surface area contributed by atoms with Crippen LogP contribution in [0.2, 0.25) is 10.0 Å². The largest absolute Gasteiger partial charge is 0.488 e. The highest BCUT2D eigenvalue weighted by Gasteiger charge is 2.43. The molecule has 1 saturated heterocycles. The predicted octanol–water partition coefficient (Wildman–Crippen LogP) is 7.16. The van der Waals surface area contributed by atoms with Gasteiger partial charge in [0.2, 0.25) is 0 Å². The zero-order chi connectivity index (χ0) is 26.6. The highest BCUT2D eigenvalue weighted by atomic mass is 35.5. The molecule has 38 heavy (non-hydrogen) atoms. The van der Waals surface area contributed by atoms with Crippen LogP contribution in [0, 0.1) is 0 Å². The maximum Gasteiger partial charge on any atom is 0.343 e. The summed E-state index contributed by atoms with van der Waals surface area (Å²) in [5.41, 5.74) is 1.73. The molecule has 0 atom stereocenters. The number of barbiturate groups is 1. The van der Waals surface area contributed by atoms with E-state index in [1.165, 1.54) is 6.08 Å². The van der Waals surface area contributed by atoms with Crippen LogP contribution in [0.4, 0.5) is 16.2 Å². The summed E-state index contributed by atoms with van der Waals surface area (Å²) >= 11 is 12.3. The lowest BCUT2D eigenvalue weighted by atomic mass is 10.0. The van der Waals surface area contributed by atoms with Crippen LogP contribution >= 0.6 is 23.2 Å². The molecule has 0 aromatic heterocycles. The monoisotopic (exact) mass is 542 g/mol. The van der Waals surface area contributed by atoms with Crippen molar-refractivity contribution in [2.45, 2.75) is 6.61 Å². The third-order valence-corrected chi connectivity index (χ3v) is 6.48. The van der Waals surface area contributed by atoms with E-state index in [2.05, 4.69) is 0 Å². The first-order valence-electron chi connectivity index (χ1n) is 11.6. The van der Waals surface area contributed by atoms with Crippen LogP contribution in [-0.4, -0.2) is 17.8 Å². The Balaban J connectivity index is 1.55. The van der Waals surface area contributed by atoms with Crippen molar-refractivity contribution in [3.63, 3.8) is 0 Å². The van der Waals surface area contributed by atoms with Gasteiger partial charge in [-0.25, -0.2) is 14.6 Å². The molecule has 1 fully saturated rings. The zero-order valence-corrected chi connectivity index (χ0v) is 21.4. The lowest BCUT2D eigenvalue weighted by Gasteiger charge is -2.34. The van der Waals surface area contributed by atoms with Gasteiger partial charge in [0.25, 0.3) is 11.8 Å². The van der Waals surface area contributed by atoms with Crippen molar-refractivity contribution in [3.8, 4) is 5.75 Å². The van der Waals surface area contributed by atoms with Crippen molar-refractivity contribution in [3.05, 3.63) is 130 Å². The number of carbonyl (C=O) groups is 3. The number of imide groups is 2. The Morgan fingerprint density at radius 2 is 1.24 bits per heavy atom. The fourth-order valence-electron chi connectivity index (χ4n) is 4.02. The second-order valence-electron chi connectivity index (χ2n) is 8.36. The number of amides is 4. The summed E-state index contributed by atoms with van der Waals surface area (Å²) < 4.78 is 6.01. The number of rotatable bonds is 6. The smallest absolute Gasteiger partial charge is 0.343 e. The number of nitrogens with zero attached hydrogens (tertiary/aromatic N) is 2. The Morgan fingerprint density at radius 3 is 1.82 bits per heavy atom. The van der Waals surface area contributed by atoms with E-state index < -0.39 is 17.8 Å². The highest BCUT2D eigenvalue weighted by molar-refractivity contribution is 6.46. The Kier molecular flexibility index (Phi) is 7.26. The average Bonchev–Trinajstić information content (AvgIpc) is 2.92. The second-order valence-corrected chi connectivity index (χ2v) is 9.20. The molecular formula is C30H20Cl2N2O4. The van der Waals surface area contributed by atoms with E-state index in [9.17, 15) is 14.4 Å². The standard InChI is InChI=1S/C30H20Cl2N2O4/c31-22-16-15-21(26(32)18-22)19-38-27-14-8-7-9-20(27)17-25-28(35)33(23-10-3-1-4-11-23)30(37)34(29(25)36)24-12-5-2-6-13-24/h1-18H,19H2. The molecule has 8 heteroatoms. The van der Waals surface area contributed by atoms with Gasteiger partial charge in [-0.3, -0.25) is 9.59 Å². The third-order valence-electron chi connectivity index (χ3n) is 5.90. The minimum atomic E-state index is -0.753. The van der Waals surface area contributed by atoms with Gasteiger partial charge in [-0.2, -0.15) is 0 Å². The Bertz CT molecular complexity index is 1490. The minimum Gasteiger partial charge on any atom is -0.488 e. The van der Waals surface area contributed by atoms with Crippen molar-refractivity contribution < 1.29 is 19.1 Å². The molecule has 4 amide bonds. The summed E-state index contributed by atoms with van der Waals surface area (Å²) in [6, 6.07) is 28.3. The van der Waals surface area contributed by atoms with Gasteiger partial charge in [-0.05, 0) is 48.5 Å². The molecule has 4 aromatic rings. The van der Waals surface area contributed by atoms with E-state index in [0.717, 1.165) is 15.4 Å². The Hall–Kier alpha value is -4.39. The van der Waals surface area contributed by atoms with Gasteiger partial charge in [0.15, 0.2) is 0 Å². The number of hydrogen-bond acceptors (Lipinski definition) is 4. The lowest BCUT2D eigenvalue weighted by Crippen LogP contribution is -2.57. The number of hydrogen-bond donors (Lipinski definition) is 0. The topological polar surface area (TPSA) is 66.9 Å². The first kappa shape index (κ1) is 25.3. The van der Waals surface area contributed by atoms with Gasteiger partial charge >= 0.3 is 6.03 Å². The average molecular weight is 543 g/mol. The summed E-state index contributed by atoms with van der Waals surface area (Å²) in [6.07, 6.45) is 1.45. The van der Waals surface area contributed by atoms with Crippen LogP contribution in [0.5, 0.6) is 5.75 Å². The van der Waals surface area contributed by atoms with E-state index in [4.69, 9.17) is 27.9 Å². The van der Waals surface area contributed by atoms with Gasteiger partial charge in [0.05, 0.1) is 11.4 Å². The number of halogens is 2. The van der Waals surface area contributed by atoms with Crippen molar-refractivity contribution in [1.82, 2.24) is 0 Å². The van der Waals surface area contributed by atoms with E-state index in [-0.39, 0.29) is 12.2 Å². The highest BCUT2D eigenvalue weighted by Crippen LogP contribution is 2.31. The van der Waals surface area contributed by atoms with Crippen LogP contribution in [0.25, 0.3) is 6.08 Å². The number of urea groups is 1. The Morgan fingerprint density at radius 1 is 0.684 bits per heavy atom. The van der Waals surface area contributed by atoms with Gasteiger partial charge in [0, 0.05) is 21.2 Å². The predicted molar refractivity (Wildman–Crippen MR) is 148 cm³/mol. The van der Waals surface area contributed by atoms with Crippen molar-refractivity contribution in [2.24, 2.45) is 0 Å². The van der Waals surface area contributed by atoms with E-state index in [1.807, 2.05) is 0 Å². The van der Waals surface area contributed by atoms with Gasteiger partial charge in [0.1, 0.15) is 17.9 Å². The Labute approximate surface area is 229 Å². The normalized spacial score (nSPS) is 13.6. The van der Waals surface area contributed by atoms with E-state index in [1.54, 1.807) is 103 Å². The number of anilines is 2. The van der Waals surface area contributed by atoms with Gasteiger partial charge < -0.3 is 4.74 Å². The van der Waals surface area contributed by atoms with Crippen LogP contribution in [0.15, 0.2) is 109 Å². The van der Waals surface area contributed by atoms with Crippen LogP contribution in [-0.2, 0) is 16.2 Å². The fourth-order valence-corrected chi connectivity index (χ4v) is 4.48. The fraction of sp³-hybridized carbons (Fsp3) is 0.0333. The molecule has 0 N–H and O–H groups in total. The molecule has 1 aliphatic heterocycles. The summed E-state index contributed by atoms with van der Waals surface area (Å²) in [6.45, 7) is 0.142. The van der Waals surface area contributed by atoms with Crippen LogP contribution in [0.3, 0.4) is 0 Å². The number of para-hydroxylation sites is 3. The quantitative estimate of drug-likeness (QED) is 0.191. The van der Waals surface area contributed by atoms with E-state index in [0.29, 0.717) is 32.7 Å². The SMILES string of the molecule is O=C1C(=Cc2ccccc2OCc2ccc(Cl)cc2Cl)C(=O)N(c2ccccc2)C(=O)N1c1ccccc1. The molecule has 5 rings (SSSR count). The van der Waals surface area contributed by atoms with Crippen molar-refractivity contribution in [2.75, 3.05) is 9.80 Å². The first-order valence-corrected chi connectivity index (χ1v) is 12.4. The molecule has 4 aromatic carbocycles. The molecule has 0 radical (unpaired) electrons. The maximum absolute atomic E-state index is 13.6. The van der Waals surface area contributed by atoms with Crippen LogP contribution in [0.1, 0.15) is 11.1 Å². The lowest BCUT2D eigenvalue weighted by molar-refractivity contribution is -0.121. The summed E-state index contributed by atoms with van der Waals surface area (Å²) in [5.74, 6) is -1.02. The molecule has 0 bridgehead atoms. The zero-order valence-electron chi connectivity index (χ0n) is 19.9. The van der Waals surface area contributed by atoms with Gasteiger partial charge in [-0.15, -0.1) is 0 Å². The minimum absolute atomic E-state index is 0.142. The van der Waals surface area contributed by atoms with Crippen molar-refractivity contribution >= 4 is 58.5 Å². The molecule has 188 valence electrons. The summed E-state index contributed by atoms with van der Waals surface area (Å²) in [7, 11) is 0. The molecule has 0 spiro atoms. The number of ether oxygens (including phenoxy) is 1. The molecule has 6 nitrogen and oxygen atoms in total. The molecular weight excluding hydrogens is 523 g/mol.